The normalized spacial score (nSPS) is 11.7. The predicted molar refractivity (Wildman–Crippen MR) is 61.6 cm³/mol. The summed E-state index contributed by atoms with van der Waals surface area (Å²) in [7, 11) is 1.34. The van der Waals surface area contributed by atoms with Gasteiger partial charge in [0.15, 0.2) is 11.5 Å². The number of halogens is 3. The van der Waals surface area contributed by atoms with Gasteiger partial charge in [0.25, 0.3) is 0 Å². The van der Waals surface area contributed by atoms with Gasteiger partial charge in [-0.3, -0.25) is 0 Å². The molecule has 0 bridgehead atoms. The number of hydrogen-bond donors (Lipinski definition) is 1. The van der Waals surface area contributed by atoms with Crippen molar-refractivity contribution in [1.29, 1.82) is 0 Å². The fraction of sp³-hybridized carbons (Fsp3) is 0.300. The molecule has 0 aromatic heterocycles. The maximum absolute atomic E-state index is 12.3. The third-order valence-corrected chi connectivity index (χ3v) is 2.06. The first kappa shape index (κ1) is 13.5. The Morgan fingerprint density at radius 3 is 2.76 bits per heavy atom. The topological polar surface area (TPSA) is 56.8 Å². The van der Waals surface area contributed by atoms with Gasteiger partial charge in [0, 0.05) is 0 Å². The molecule has 0 amide bonds. The van der Waals surface area contributed by atoms with Crippen LogP contribution in [0.4, 0.5) is 14.5 Å². The highest BCUT2D eigenvalue weighted by Crippen LogP contribution is 2.38. The van der Waals surface area contributed by atoms with Crippen molar-refractivity contribution in [3.05, 3.63) is 18.2 Å². The van der Waals surface area contributed by atoms with E-state index in [-0.39, 0.29) is 28.9 Å². The van der Waals surface area contributed by atoms with Crippen LogP contribution in [0.3, 0.4) is 0 Å². The van der Waals surface area contributed by atoms with E-state index in [1.807, 2.05) is 0 Å². The minimum atomic E-state index is -2.97. The zero-order valence-electron chi connectivity index (χ0n) is 8.99. The van der Waals surface area contributed by atoms with Crippen LogP contribution in [0.2, 0.25) is 0 Å². The molecule has 94 valence electrons. The summed E-state index contributed by atoms with van der Waals surface area (Å²) in [5.74, 6) is 0.0664. The highest BCUT2D eigenvalue weighted by Gasteiger charge is 2.15. The van der Waals surface area contributed by atoms with Crippen molar-refractivity contribution in [2.24, 2.45) is 10.7 Å². The van der Waals surface area contributed by atoms with Crippen LogP contribution in [0.5, 0.6) is 11.5 Å². The summed E-state index contributed by atoms with van der Waals surface area (Å²) < 4.78 is 33.8. The maximum Gasteiger partial charge on any atom is 0.387 e. The van der Waals surface area contributed by atoms with Crippen molar-refractivity contribution in [3.8, 4) is 11.5 Å². The molecular weight excluding hydrogens is 254 g/mol. The summed E-state index contributed by atoms with van der Waals surface area (Å²) in [5, 5.41) is 0. The second-order valence-electron chi connectivity index (χ2n) is 2.92. The maximum atomic E-state index is 12.3. The van der Waals surface area contributed by atoms with E-state index in [0.717, 1.165) is 0 Å². The highest BCUT2D eigenvalue weighted by molar-refractivity contribution is 6.28. The molecule has 1 rings (SSSR count). The van der Waals surface area contributed by atoms with E-state index in [1.165, 1.54) is 19.2 Å². The van der Waals surface area contributed by atoms with Crippen LogP contribution in [0.1, 0.15) is 0 Å². The molecule has 0 atom stereocenters. The Balaban J connectivity index is 3.19. The number of amidine groups is 1. The second kappa shape index (κ2) is 6.24. The van der Waals surface area contributed by atoms with Crippen LogP contribution in [0, 0.1) is 0 Å². The van der Waals surface area contributed by atoms with Crippen LogP contribution in [0.15, 0.2) is 23.2 Å². The van der Waals surface area contributed by atoms with Gasteiger partial charge in [-0.05, 0) is 12.1 Å². The molecule has 0 fully saturated rings. The summed E-state index contributed by atoms with van der Waals surface area (Å²) in [6.45, 7) is -2.97. The van der Waals surface area contributed by atoms with Crippen LogP contribution in [-0.4, -0.2) is 25.4 Å². The van der Waals surface area contributed by atoms with Crippen LogP contribution in [0.25, 0.3) is 0 Å². The second-order valence-corrected chi connectivity index (χ2v) is 3.19. The number of para-hydroxylation sites is 1. The molecule has 7 heteroatoms. The predicted octanol–water partition coefficient (Wildman–Crippen LogP) is 2.52. The zero-order chi connectivity index (χ0) is 12.8. The minimum Gasteiger partial charge on any atom is -0.493 e. The summed E-state index contributed by atoms with van der Waals surface area (Å²) >= 11 is 5.46. The quantitative estimate of drug-likeness (QED) is 0.505. The Morgan fingerprint density at radius 2 is 2.24 bits per heavy atom. The summed E-state index contributed by atoms with van der Waals surface area (Å²) in [4.78, 5) is 3.86. The number of ether oxygens (including phenoxy) is 2. The third-order valence-electron chi connectivity index (χ3n) is 1.79. The lowest BCUT2D eigenvalue weighted by atomic mass is 10.2. The van der Waals surface area contributed by atoms with E-state index in [9.17, 15) is 8.78 Å². The summed E-state index contributed by atoms with van der Waals surface area (Å²) in [6.07, 6.45) is 0. The van der Waals surface area contributed by atoms with Crippen molar-refractivity contribution in [3.63, 3.8) is 0 Å². The summed E-state index contributed by atoms with van der Waals surface area (Å²) in [6, 6.07) is 4.53. The molecule has 1 aromatic rings. The number of nitrogens with zero attached hydrogens (tertiary/aromatic N) is 1. The zero-order valence-corrected chi connectivity index (χ0v) is 9.75. The van der Waals surface area contributed by atoms with Gasteiger partial charge in [-0.15, -0.1) is 11.6 Å². The largest absolute Gasteiger partial charge is 0.493 e. The van der Waals surface area contributed by atoms with E-state index >= 15 is 0 Å². The van der Waals surface area contributed by atoms with Crippen molar-refractivity contribution in [2.75, 3.05) is 13.0 Å². The average molecular weight is 265 g/mol. The standard InChI is InChI=1S/C10H11ClF2N2O2/c1-16-7-4-2-3-6(15-8(14)5-11)9(7)17-10(12)13/h2-4,10H,5H2,1H3,(H2,14,15). The molecule has 0 saturated heterocycles. The van der Waals surface area contributed by atoms with Gasteiger partial charge in [-0.1, -0.05) is 6.07 Å². The number of hydrogen-bond acceptors (Lipinski definition) is 3. The Kier molecular flexibility index (Phi) is 4.96. The van der Waals surface area contributed by atoms with Crippen molar-refractivity contribution in [2.45, 2.75) is 6.61 Å². The van der Waals surface area contributed by atoms with E-state index in [1.54, 1.807) is 6.07 Å². The molecular formula is C10H11ClF2N2O2. The number of nitrogens with two attached hydrogens (primary N) is 1. The summed E-state index contributed by atoms with van der Waals surface area (Å²) in [5.41, 5.74) is 5.57. The van der Waals surface area contributed by atoms with Gasteiger partial charge in [-0.25, -0.2) is 4.99 Å². The monoisotopic (exact) mass is 264 g/mol. The van der Waals surface area contributed by atoms with E-state index in [4.69, 9.17) is 22.1 Å². The SMILES string of the molecule is COc1cccc(N=C(N)CCl)c1OC(F)F. The molecule has 0 radical (unpaired) electrons. The Bertz CT molecular complexity index is 413. The van der Waals surface area contributed by atoms with Crippen molar-refractivity contribution < 1.29 is 18.3 Å². The number of benzene rings is 1. The van der Waals surface area contributed by atoms with Gasteiger partial charge in [0.2, 0.25) is 0 Å². The van der Waals surface area contributed by atoms with Crippen molar-refractivity contribution in [1.82, 2.24) is 0 Å². The molecule has 0 aliphatic rings. The van der Waals surface area contributed by atoms with E-state index in [2.05, 4.69) is 9.73 Å². The number of aliphatic imine (C=N–C) groups is 1. The Hall–Kier alpha value is -1.56. The Morgan fingerprint density at radius 1 is 1.53 bits per heavy atom. The fourth-order valence-electron chi connectivity index (χ4n) is 1.15. The van der Waals surface area contributed by atoms with E-state index < -0.39 is 6.61 Å². The van der Waals surface area contributed by atoms with Gasteiger partial charge >= 0.3 is 6.61 Å². The molecule has 0 saturated carbocycles. The van der Waals surface area contributed by atoms with Crippen LogP contribution < -0.4 is 15.2 Å². The van der Waals surface area contributed by atoms with Gasteiger partial charge in [-0.2, -0.15) is 8.78 Å². The first-order chi connectivity index (χ1) is 8.08. The number of methoxy groups -OCH3 is 1. The van der Waals surface area contributed by atoms with Gasteiger partial charge in [0.1, 0.15) is 11.5 Å². The molecule has 17 heavy (non-hydrogen) atoms. The van der Waals surface area contributed by atoms with E-state index in [0.29, 0.717) is 0 Å². The lowest BCUT2D eigenvalue weighted by molar-refractivity contribution is -0.0507. The molecule has 0 spiro atoms. The Labute approximate surface area is 102 Å². The lowest BCUT2D eigenvalue weighted by Crippen LogP contribution is -2.12. The highest BCUT2D eigenvalue weighted by atomic mass is 35.5. The molecule has 4 nitrogen and oxygen atoms in total. The van der Waals surface area contributed by atoms with Crippen LogP contribution >= 0.6 is 11.6 Å². The van der Waals surface area contributed by atoms with Crippen molar-refractivity contribution >= 4 is 23.1 Å². The number of rotatable bonds is 5. The minimum absolute atomic E-state index is 0.00860. The van der Waals surface area contributed by atoms with Gasteiger partial charge < -0.3 is 15.2 Å². The van der Waals surface area contributed by atoms with Gasteiger partial charge in [0.05, 0.1) is 13.0 Å². The molecule has 0 unspecified atom stereocenters. The first-order valence-corrected chi connectivity index (χ1v) is 5.12. The smallest absolute Gasteiger partial charge is 0.387 e. The molecule has 0 aliphatic heterocycles. The molecule has 2 N–H and O–H groups in total. The molecule has 0 aliphatic carbocycles. The third kappa shape index (κ3) is 3.74. The lowest BCUT2D eigenvalue weighted by Gasteiger charge is -2.12. The first-order valence-electron chi connectivity index (χ1n) is 4.59. The molecule has 1 aromatic carbocycles. The fourth-order valence-corrected chi connectivity index (χ4v) is 1.20. The average Bonchev–Trinajstić information content (AvgIpc) is 2.30. The van der Waals surface area contributed by atoms with Crippen LogP contribution in [-0.2, 0) is 0 Å². The molecule has 0 heterocycles. The number of alkyl halides is 3.